The highest BCUT2D eigenvalue weighted by molar-refractivity contribution is 9.10. The van der Waals surface area contributed by atoms with E-state index in [9.17, 15) is 14.0 Å². The number of amides is 2. The van der Waals surface area contributed by atoms with Crippen LogP contribution in [0.3, 0.4) is 0 Å². The first-order chi connectivity index (χ1) is 14.4. The van der Waals surface area contributed by atoms with E-state index in [1.165, 1.54) is 24.3 Å². The second kappa shape index (κ2) is 9.84. The third kappa shape index (κ3) is 5.55. The summed E-state index contributed by atoms with van der Waals surface area (Å²) in [6.45, 7) is 0.179. The lowest BCUT2D eigenvalue weighted by atomic mass is 10.1. The minimum Gasteiger partial charge on any atom is -0.398 e. The molecule has 0 heterocycles. The molecule has 0 radical (unpaired) electrons. The van der Waals surface area contributed by atoms with Gasteiger partial charge in [0.15, 0.2) is 0 Å². The van der Waals surface area contributed by atoms with Gasteiger partial charge in [0, 0.05) is 16.7 Å². The van der Waals surface area contributed by atoms with Gasteiger partial charge < -0.3 is 16.4 Å². The van der Waals surface area contributed by atoms with E-state index < -0.39 is 17.6 Å². The summed E-state index contributed by atoms with van der Waals surface area (Å²) in [7, 11) is 0. The molecule has 0 aromatic heterocycles. The number of anilines is 1. The number of rotatable bonds is 6. The summed E-state index contributed by atoms with van der Waals surface area (Å²) in [4.78, 5) is 25.4. The summed E-state index contributed by atoms with van der Waals surface area (Å²) in [5.41, 5.74) is 7.73. The molecular weight excluding hydrogens is 449 g/mol. The lowest BCUT2D eigenvalue weighted by Crippen LogP contribution is -2.35. The Hall–Kier alpha value is -3.45. The molecule has 0 saturated carbocycles. The normalized spacial score (nSPS) is 11.1. The Morgan fingerprint density at radius 2 is 1.63 bits per heavy atom. The zero-order valence-electron chi connectivity index (χ0n) is 15.9. The molecule has 152 valence electrons. The number of carbonyl (C=O) groups is 2. The van der Waals surface area contributed by atoms with Crippen molar-refractivity contribution in [2.45, 2.75) is 6.54 Å². The van der Waals surface area contributed by atoms with Gasteiger partial charge in [0.25, 0.3) is 11.8 Å². The number of nitrogens with one attached hydrogen (secondary N) is 2. The highest BCUT2D eigenvalue weighted by atomic mass is 79.9. The molecule has 0 bridgehead atoms. The van der Waals surface area contributed by atoms with Crippen molar-refractivity contribution in [3.63, 3.8) is 0 Å². The van der Waals surface area contributed by atoms with Crippen molar-refractivity contribution in [3.8, 4) is 0 Å². The van der Waals surface area contributed by atoms with E-state index >= 15 is 0 Å². The van der Waals surface area contributed by atoms with Gasteiger partial charge in [-0.3, -0.25) is 9.59 Å². The van der Waals surface area contributed by atoms with Gasteiger partial charge in [0.05, 0.1) is 5.56 Å². The zero-order chi connectivity index (χ0) is 21.5. The summed E-state index contributed by atoms with van der Waals surface area (Å²) in [6.07, 6.45) is 1.52. The minimum absolute atomic E-state index is 0.0138. The summed E-state index contributed by atoms with van der Waals surface area (Å²) in [6, 6.07) is 19.9. The Morgan fingerprint density at radius 1 is 0.967 bits per heavy atom. The van der Waals surface area contributed by atoms with Gasteiger partial charge in [-0.2, -0.15) is 0 Å². The molecular formula is C23H19BrFN3O2. The van der Waals surface area contributed by atoms with Crippen LogP contribution >= 0.6 is 15.9 Å². The average molecular weight is 468 g/mol. The first kappa shape index (κ1) is 21.3. The standard InChI is InChI=1S/C23H19BrFN3O2/c24-17-11-9-15(10-12-17)13-21(28-22(29)18-6-2-3-7-19(18)25)23(30)27-14-16-5-1-4-8-20(16)26/h1-13H,14,26H2,(H,27,30)(H,28,29)/b21-13-. The molecule has 3 rings (SSSR count). The third-order valence-corrected chi connectivity index (χ3v) is 4.82. The number of carbonyl (C=O) groups excluding carboxylic acids is 2. The summed E-state index contributed by atoms with van der Waals surface area (Å²) >= 11 is 3.35. The van der Waals surface area contributed by atoms with Crippen LogP contribution in [0, 0.1) is 5.82 Å². The molecule has 3 aromatic rings. The zero-order valence-corrected chi connectivity index (χ0v) is 17.4. The van der Waals surface area contributed by atoms with Gasteiger partial charge >= 0.3 is 0 Å². The van der Waals surface area contributed by atoms with E-state index in [1.807, 2.05) is 18.2 Å². The minimum atomic E-state index is -0.717. The number of halogens is 2. The van der Waals surface area contributed by atoms with Crippen LogP contribution in [-0.2, 0) is 11.3 Å². The SMILES string of the molecule is Nc1ccccc1CNC(=O)/C(=C/c1ccc(Br)cc1)NC(=O)c1ccccc1F. The van der Waals surface area contributed by atoms with Crippen LogP contribution in [0.25, 0.3) is 6.08 Å². The van der Waals surface area contributed by atoms with E-state index in [1.54, 1.807) is 36.4 Å². The van der Waals surface area contributed by atoms with E-state index in [2.05, 4.69) is 26.6 Å². The van der Waals surface area contributed by atoms with Crippen LogP contribution in [0.15, 0.2) is 83.0 Å². The van der Waals surface area contributed by atoms with Crippen LogP contribution < -0.4 is 16.4 Å². The van der Waals surface area contributed by atoms with E-state index in [0.717, 1.165) is 10.0 Å². The van der Waals surface area contributed by atoms with Crippen molar-refractivity contribution in [1.82, 2.24) is 10.6 Å². The van der Waals surface area contributed by atoms with Gasteiger partial charge in [0.1, 0.15) is 11.5 Å². The lowest BCUT2D eigenvalue weighted by Gasteiger charge is -2.12. The number of para-hydroxylation sites is 1. The molecule has 3 aromatic carbocycles. The highest BCUT2D eigenvalue weighted by Crippen LogP contribution is 2.14. The van der Waals surface area contributed by atoms with E-state index in [4.69, 9.17) is 5.73 Å². The number of hydrogen-bond acceptors (Lipinski definition) is 3. The summed E-state index contributed by atoms with van der Waals surface area (Å²) in [5.74, 6) is -1.91. The summed E-state index contributed by atoms with van der Waals surface area (Å²) < 4.78 is 14.9. The Morgan fingerprint density at radius 3 is 2.33 bits per heavy atom. The second-order valence-electron chi connectivity index (χ2n) is 6.43. The largest absolute Gasteiger partial charge is 0.398 e. The molecule has 0 aliphatic rings. The van der Waals surface area contributed by atoms with Crippen LogP contribution in [0.2, 0.25) is 0 Å². The number of hydrogen-bond donors (Lipinski definition) is 3. The molecule has 4 N–H and O–H groups in total. The Bertz CT molecular complexity index is 1100. The van der Waals surface area contributed by atoms with Crippen LogP contribution in [0.4, 0.5) is 10.1 Å². The fourth-order valence-electron chi connectivity index (χ4n) is 2.68. The molecule has 0 aliphatic heterocycles. The van der Waals surface area contributed by atoms with Gasteiger partial charge in [0.2, 0.25) is 0 Å². The first-order valence-electron chi connectivity index (χ1n) is 9.09. The topological polar surface area (TPSA) is 84.2 Å². The van der Waals surface area contributed by atoms with Crippen LogP contribution in [0.1, 0.15) is 21.5 Å². The van der Waals surface area contributed by atoms with Gasteiger partial charge in [-0.1, -0.05) is 58.4 Å². The second-order valence-corrected chi connectivity index (χ2v) is 7.34. The summed E-state index contributed by atoms with van der Waals surface area (Å²) in [5, 5.41) is 5.25. The Kier molecular flexibility index (Phi) is 6.98. The fraction of sp³-hybridized carbons (Fsp3) is 0.0435. The molecule has 0 aliphatic carbocycles. The maximum absolute atomic E-state index is 14.0. The van der Waals surface area contributed by atoms with E-state index in [0.29, 0.717) is 11.3 Å². The maximum atomic E-state index is 14.0. The molecule has 0 saturated heterocycles. The lowest BCUT2D eigenvalue weighted by molar-refractivity contribution is -0.117. The molecule has 7 heteroatoms. The Balaban J connectivity index is 1.84. The predicted octanol–water partition coefficient (Wildman–Crippen LogP) is 4.26. The van der Waals surface area contributed by atoms with Gasteiger partial charge in [-0.15, -0.1) is 0 Å². The first-order valence-corrected chi connectivity index (χ1v) is 9.88. The van der Waals surface area contributed by atoms with Crippen molar-refractivity contribution in [2.75, 3.05) is 5.73 Å². The van der Waals surface area contributed by atoms with Crippen molar-refractivity contribution < 1.29 is 14.0 Å². The third-order valence-electron chi connectivity index (χ3n) is 4.29. The van der Waals surface area contributed by atoms with Gasteiger partial charge in [-0.05, 0) is 47.5 Å². The van der Waals surface area contributed by atoms with Crippen molar-refractivity contribution in [3.05, 3.63) is 105 Å². The molecule has 0 atom stereocenters. The van der Waals surface area contributed by atoms with Crippen LogP contribution in [0.5, 0.6) is 0 Å². The Labute approximate surface area is 181 Å². The molecule has 0 unspecified atom stereocenters. The molecule has 0 fully saturated rings. The maximum Gasteiger partial charge on any atom is 0.268 e. The van der Waals surface area contributed by atoms with E-state index in [-0.39, 0.29) is 17.8 Å². The van der Waals surface area contributed by atoms with Crippen molar-refractivity contribution >= 4 is 39.5 Å². The molecule has 30 heavy (non-hydrogen) atoms. The van der Waals surface area contributed by atoms with Crippen LogP contribution in [-0.4, -0.2) is 11.8 Å². The number of nitrogens with two attached hydrogens (primary N) is 1. The molecule has 5 nitrogen and oxygen atoms in total. The smallest absolute Gasteiger partial charge is 0.268 e. The highest BCUT2D eigenvalue weighted by Gasteiger charge is 2.17. The monoisotopic (exact) mass is 467 g/mol. The number of benzene rings is 3. The number of nitrogen functional groups attached to an aromatic ring is 1. The van der Waals surface area contributed by atoms with Crippen molar-refractivity contribution in [1.29, 1.82) is 0 Å². The van der Waals surface area contributed by atoms with Gasteiger partial charge in [-0.25, -0.2) is 4.39 Å². The fourth-order valence-corrected chi connectivity index (χ4v) is 2.95. The molecule has 2 amide bonds. The quantitative estimate of drug-likeness (QED) is 0.374. The average Bonchev–Trinajstić information content (AvgIpc) is 2.74. The molecule has 0 spiro atoms. The predicted molar refractivity (Wildman–Crippen MR) is 119 cm³/mol. The van der Waals surface area contributed by atoms with Crippen molar-refractivity contribution in [2.24, 2.45) is 0 Å².